The summed E-state index contributed by atoms with van der Waals surface area (Å²) in [5.74, 6) is -2.96. The SMILES string of the molecule is NS(=O)(=O)c1cc(NC(=O)Cc2cc(F)cc(F)c2)ccc1-n1cc(F)cn1. The first-order chi connectivity index (χ1) is 13.1. The number of nitrogens with zero attached hydrogens (tertiary/aromatic N) is 2. The zero-order chi connectivity index (χ0) is 20.5. The van der Waals surface area contributed by atoms with Crippen molar-refractivity contribution < 1.29 is 26.4 Å². The van der Waals surface area contributed by atoms with Crippen LogP contribution in [0.2, 0.25) is 0 Å². The van der Waals surface area contributed by atoms with Crippen LogP contribution < -0.4 is 10.5 Å². The average Bonchev–Trinajstić information content (AvgIpc) is 2.99. The summed E-state index contributed by atoms with van der Waals surface area (Å²) >= 11 is 0. The van der Waals surface area contributed by atoms with E-state index in [9.17, 15) is 26.4 Å². The van der Waals surface area contributed by atoms with E-state index >= 15 is 0 Å². The number of carbonyl (C=O) groups is 1. The van der Waals surface area contributed by atoms with Crippen molar-refractivity contribution in [2.75, 3.05) is 5.32 Å². The van der Waals surface area contributed by atoms with Crippen LogP contribution in [0.15, 0.2) is 53.7 Å². The van der Waals surface area contributed by atoms with Crippen LogP contribution >= 0.6 is 0 Å². The molecule has 0 atom stereocenters. The number of sulfonamides is 1. The molecule has 3 rings (SSSR count). The summed E-state index contributed by atoms with van der Waals surface area (Å²) in [6.07, 6.45) is 1.51. The average molecular weight is 410 g/mol. The zero-order valence-corrected chi connectivity index (χ0v) is 14.9. The molecule has 28 heavy (non-hydrogen) atoms. The normalized spacial score (nSPS) is 11.4. The quantitative estimate of drug-likeness (QED) is 0.672. The van der Waals surface area contributed by atoms with Gasteiger partial charge in [0.15, 0.2) is 5.82 Å². The van der Waals surface area contributed by atoms with Gasteiger partial charge in [-0.3, -0.25) is 4.79 Å². The Kier molecular flexibility index (Phi) is 5.21. The summed E-state index contributed by atoms with van der Waals surface area (Å²) in [7, 11) is -4.23. The molecule has 0 radical (unpaired) electrons. The number of nitrogens with two attached hydrogens (primary N) is 1. The minimum Gasteiger partial charge on any atom is -0.326 e. The van der Waals surface area contributed by atoms with Crippen molar-refractivity contribution >= 4 is 21.6 Å². The molecule has 1 heterocycles. The fourth-order valence-electron chi connectivity index (χ4n) is 2.55. The third kappa shape index (κ3) is 4.56. The molecule has 3 aromatic rings. The van der Waals surface area contributed by atoms with E-state index in [4.69, 9.17) is 5.14 Å². The van der Waals surface area contributed by atoms with Gasteiger partial charge in [0, 0.05) is 11.8 Å². The molecule has 0 saturated heterocycles. The van der Waals surface area contributed by atoms with Crippen LogP contribution in [0.3, 0.4) is 0 Å². The van der Waals surface area contributed by atoms with Gasteiger partial charge in [-0.05, 0) is 35.9 Å². The number of amides is 1. The van der Waals surface area contributed by atoms with Crippen molar-refractivity contribution in [3.8, 4) is 5.69 Å². The predicted molar refractivity (Wildman–Crippen MR) is 93.6 cm³/mol. The van der Waals surface area contributed by atoms with E-state index in [0.717, 1.165) is 35.3 Å². The molecular formula is C17H13F3N4O3S. The molecule has 146 valence electrons. The van der Waals surface area contributed by atoms with E-state index in [1.807, 2.05) is 0 Å². The van der Waals surface area contributed by atoms with E-state index in [2.05, 4.69) is 10.4 Å². The van der Waals surface area contributed by atoms with Gasteiger partial charge in [-0.25, -0.2) is 31.4 Å². The van der Waals surface area contributed by atoms with Crippen molar-refractivity contribution in [1.82, 2.24) is 9.78 Å². The molecule has 0 fully saturated rings. The molecule has 0 aliphatic rings. The number of aromatic nitrogens is 2. The summed E-state index contributed by atoms with van der Waals surface area (Å²) in [6.45, 7) is 0. The standard InChI is InChI=1S/C17H13F3N4O3S/c18-11-3-10(4-12(19)6-11)5-17(25)23-14-1-2-15(16(7-14)28(21,26)27)24-9-13(20)8-22-24/h1-4,6-9H,5H2,(H,23,25)(H2,21,26,27). The molecule has 0 spiro atoms. The molecule has 0 aliphatic carbocycles. The zero-order valence-electron chi connectivity index (χ0n) is 14.1. The molecule has 0 bridgehead atoms. The van der Waals surface area contributed by atoms with Gasteiger partial charge in [0.05, 0.1) is 24.5 Å². The van der Waals surface area contributed by atoms with Gasteiger partial charge >= 0.3 is 0 Å². The number of hydrogen-bond donors (Lipinski definition) is 2. The number of rotatable bonds is 5. The number of anilines is 1. The Hall–Kier alpha value is -3.18. The van der Waals surface area contributed by atoms with Crippen LogP contribution in [0.4, 0.5) is 18.9 Å². The molecule has 1 amide bonds. The third-order valence-electron chi connectivity index (χ3n) is 3.64. The van der Waals surface area contributed by atoms with Crippen LogP contribution in [0.1, 0.15) is 5.56 Å². The molecule has 0 saturated carbocycles. The lowest BCUT2D eigenvalue weighted by Crippen LogP contribution is -2.18. The first kappa shape index (κ1) is 19.6. The van der Waals surface area contributed by atoms with Gasteiger partial charge < -0.3 is 5.32 Å². The molecule has 0 aliphatic heterocycles. The van der Waals surface area contributed by atoms with Crippen LogP contribution in [-0.4, -0.2) is 24.1 Å². The van der Waals surface area contributed by atoms with E-state index in [-0.39, 0.29) is 23.4 Å². The first-order valence-corrected chi connectivity index (χ1v) is 9.29. The topological polar surface area (TPSA) is 107 Å². The van der Waals surface area contributed by atoms with Crippen LogP contribution in [0.25, 0.3) is 5.69 Å². The van der Waals surface area contributed by atoms with E-state index in [0.29, 0.717) is 6.07 Å². The Balaban J connectivity index is 1.87. The molecule has 2 aromatic carbocycles. The maximum absolute atomic E-state index is 13.2. The molecule has 11 heteroatoms. The highest BCUT2D eigenvalue weighted by Gasteiger charge is 2.18. The summed E-state index contributed by atoms with van der Waals surface area (Å²) in [6, 6.07) is 6.41. The minimum atomic E-state index is -4.23. The van der Waals surface area contributed by atoms with Crippen molar-refractivity contribution in [2.24, 2.45) is 5.14 Å². The number of hydrogen-bond acceptors (Lipinski definition) is 4. The monoisotopic (exact) mass is 410 g/mol. The molecule has 7 nitrogen and oxygen atoms in total. The van der Waals surface area contributed by atoms with Crippen molar-refractivity contribution in [3.05, 3.63) is 71.8 Å². The van der Waals surface area contributed by atoms with Crippen molar-refractivity contribution in [2.45, 2.75) is 11.3 Å². The van der Waals surface area contributed by atoms with Gasteiger partial charge in [-0.1, -0.05) is 0 Å². The van der Waals surface area contributed by atoms with E-state index in [1.165, 1.54) is 12.1 Å². The Bertz CT molecular complexity index is 1140. The van der Waals surface area contributed by atoms with Crippen LogP contribution in [0.5, 0.6) is 0 Å². The fourth-order valence-corrected chi connectivity index (χ4v) is 3.29. The van der Waals surface area contributed by atoms with Crippen molar-refractivity contribution in [3.63, 3.8) is 0 Å². The van der Waals surface area contributed by atoms with Crippen LogP contribution in [0, 0.1) is 17.5 Å². The van der Waals surface area contributed by atoms with Gasteiger partial charge in [-0.15, -0.1) is 0 Å². The molecule has 0 unspecified atom stereocenters. The number of primary sulfonamides is 1. The summed E-state index contributed by atoms with van der Waals surface area (Å²) in [4.78, 5) is 11.7. The van der Waals surface area contributed by atoms with Crippen molar-refractivity contribution in [1.29, 1.82) is 0 Å². The number of halogens is 3. The first-order valence-electron chi connectivity index (χ1n) is 7.74. The second-order valence-electron chi connectivity index (χ2n) is 5.83. The Morgan fingerprint density at radius 2 is 1.75 bits per heavy atom. The highest BCUT2D eigenvalue weighted by atomic mass is 32.2. The van der Waals surface area contributed by atoms with Gasteiger partial charge in [0.25, 0.3) is 0 Å². The number of carbonyl (C=O) groups excluding carboxylic acids is 1. The lowest BCUT2D eigenvalue weighted by molar-refractivity contribution is -0.115. The van der Waals surface area contributed by atoms with Gasteiger partial charge in [0.1, 0.15) is 16.5 Å². The van der Waals surface area contributed by atoms with Gasteiger partial charge in [-0.2, -0.15) is 5.10 Å². The predicted octanol–water partition coefficient (Wildman–Crippen LogP) is 2.12. The second-order valence-corrected chi connectivity index (χ2v) is 7.36. The Morgan fingerprint density at radius 3 is 2.32 bits per heavy atom. The molecule has 1 aromatic heterocycles. The highest BCUT2D eigenvalue weighted by molar-refractivity contribution is 7.89. The van der Waals surface area contributed by atoms with E-state index in [1.54, 1.807) is 0 Å². The minimum absolute atomic E-state index is 0.0170. The maximum Gasteiger partial charge on any atom is 0.240 e. The lowest BCUT2D eigenvalue weighted by Gasteiger charge is -2.11. The van der Waals surface area contributed by atoms with Gasteiger partial charge in [0.2, 0.25) is 15.9 Å². The molecule has 3 N–H and O–H groups in total. The summed E-state index contributed by atoms with van der Waals surface area (Å²) < 4.78 is 64.4. The smallest absolute Gasteiger partial charge is 0.240 e. The Morgan fingerprint density at radius 1 is 1.07 bits per heavy atom. The number of benzene rings is 2. The third-order valence-corrected chi connectivity index (χ3v) is 4.58. The summed E-state index contributed by atoms with van der Waals surface area (Å²) in [5.41, 5.74) is 0.157. The number of nitrogens with one attached hydrogen (secondary N) is 1. The van der Waals surface area contributed by atoms with E-state index < -0.39 is 38.3 Å². The Labute approximate surface area is 157 Å². The summed E-state index contributed by atoms with van der Waals surface area (Å²) in [5, 5.41) is 11.3. The fraction of sp³-hybridized carbons (Fsp3) is 0.0588. The highest BCUT2D eigenvalue weighted by Crippen LogP contribution is 2.23. The lowest BCUT2D eigenvalue weighted by atomic mass is 10.1. The molecular weight excluding hydrogens is 397 g/mol. The second kappa shape index (κ2) is 7.44. The van der Waals surface area contributed by atoms with Crippen LogP contribution in [-0.2, 0) is 21.2 Å². The maximum atomic E-state index is 13.2. The largest absolute Gasteiger partial charge is 0.326 e.